The molecule has 0 atom stereocenters. The number of carbonyl (C=O) groups excluding carboxylic acids is 1. The molecule has 140 valence electrons. The van der Waals surface area contributed by atoms with E-state index >= 15 is 0 Å². The summed E-state index contributed by atoms with van der Waals surface area (Å²) >= 11 is 6.89. The van der Waals surface area contributed by atoms with Gasteiger partial charge in [-0.05, 0) is 64.8 Å². The molecule has 0 heterocycles. The van der Waals surface area contributed by atoms with E-state index in [1.807, 2.05) is 19.1 Å². The van der Waals surface area contributed by atoms with Gasteiger partial charge >= 0.3 is 0 Å². The molecule has 27 heavy (non-hydrogen) atoms. The Morgan fingerprint density at radius 3 is 2.56 bits per heavy atom. The van der Waals surface area contributed by atoms with Gasteiger partial charge in [0.05, 0.1) is 18.2 Å². The van der Waals surface area contributed by atoms with Gasteiger partial charge < -0.3 is 14.8 Å². The molecule has 0 spiro atoms. The molecular weight excluding hydrogens is 476 g/mol. The molecule has 0 unspecified atom stereocenters. The van der Waals surface area contributed by atoms with E-state index in [9.17, 15) is 10.1 Å². The van der Waals surface area contributed by atoms with Crippen LogP contribution in [0, 0.1) is 11.3 Å². The molecule has 0 saturated carbocycles. The number of nitrogens with zero attached hydrogens (tertiary/aromatic N) is 1. The predicted molar refractivity (Wildman–Crippen MR) is 113 cm³/mol. The second kappa shape index (κ2) is 10.1. The maximum absolute atomic E-state index is 12.5. The molecule has 0 saturated heterocycles. The van der Waals surface area contributed by atoms with Crippen LogP contribution >= 0.6 is 31.9 Å². The van der Waals surface area contributed by atoms with Crippen molar-refractivity contribution >= 4 is 49.5 Å². The van der Waals surface area contributed by atoms with Crippen LogP contribution in [0.15, 0.2) is 50.9 Å². The van der Waals surface area contributed by atoms with E-state index in [2.05, 4.69) is 37.2 Å². The molecule has 0 aromatic heterocycles. The summed E-state index contributed by atoms with van der Waals surface area (Å²) in [5, 5.41) is 12.2. The van der Waals surface area contributed by atoms with Crippen molar-refractivity contribution in [1.29, 1.82) is 5.26 Å². The number of halogens is 2. The smallest absolute Gasteiger partial charge is 0.266 e. The van der Waals surface area contributed by atoms with Crippen molar-refractivity contribution in [3.8, 4) is 17.6 Å². The Balaban J connectivity index is 2.31. The summed E-state index contributed by atoms with van der Waals surface area (Å²) in [6.07, 6.45) is 2.36. The van der Waals surface area contributed by atoms with Crippen LogP contribution in [0.4, 0.5) is 5.69 Å². The van der Waals surface area contributed by atoms with E-state index in [0.717, 1.165) is 15.4 Å². The van der Waals surface area contributed by atoms with Crippen LogP contribution in [0.2, 0.25) is 0 Å². The third-order valence-electron chi connectivity index (χ3n) is 3.50. The van der Waals surface area contributed by atoms with Gasteiger partial charge in [-0.1, -0.05) is 22.9 Å². The Morgan fingerprint density at radius 1 is 1.26 bits per heavy atom. The van der Waals surface area contributed by atoms with Crippen LogP contribution < -0.4 is 14.8 Å². The highest BCUT2D eigenvalue weighted by Crippen LogP contribution is 2.34. The number of nitrogens with one attached hydrogen (secondary N) is 1. The molecule has 0 radical (unpaired) electrons. The molecule has 2 aromatic carbocycles. The summed E-state index contributed by atoms with van der Waals surface area (Å²) in [6.45, 7) is 2.53. The van der Waals surface area contributed by atoms with Crippen LogP contribution in [-0.2, 0) is 4.79 Å². The minimum Gasteiger partial charge on any atom is -0.497 e. The van der Waals surface area contributed by atoms with E-state index in [1.54, 1.807) is 37.4 Å². The average Bonchev–Trinajstić information content (AvgIpc) is 2.65. The van der Waals surface area contributed by atoms with Gasteiger partial charge in [-0.2, -0.15) is 5.26 Å². The van der Waals surface area contributed by atoms with Gasteiger partial charge in [0, 0.05) is 15.7 Å². The normalized spacial score (nSPS) is 10.9. The van der Waals surface area contributed by atoms with Crippen LogP contribution in [0.5, 0.6) is 11.5 Å². The van der Waals surface area contributed by atoms with Gasteiger partial charge in [-0.3, -0.25) is 4.79 Å². The number of hydrogen-bond acceptors (Lipinski definition) is 4. The Kier molecular flexibility index (Phi) is 7.89. The summed E-state index contributed by atoms with van der Waals surface area (Å²) in [5.74, 6) is 0.769. The van der Waals surface area contributed by atoms with Crippen LogP contribution in [0.1, 0.15) is 18.9 Å². The van der Waals surface area contributed by atoms with Gasteiger partial charge in [0.2, 0.25) is 0 Å². The Hall–Kier alpha value is -2.30. The van der Waals surface area contributed by atoms with E-state index in [4.69, 9.17) is 9.47 Å². The highest BCUT2D eigenvalue weighted by atomic mass is 79.9. The number of carbonyl (C=O) groups is 1. The Bertz CT molecular complexity index is 887. The first-order valence-electron chi connectivity index (χ1n) is 8.17. The largest absolute Gasteiger partial charge is 0.497 e. The summed E-state index contributed by atoms with van der Waals surface area (Å²) in [6, 6.07) is 12.5. The molecule has 0 bridgehead atoms. The Labute approximate surface area is 175 Å². The van der Waals surface area contributed by atoms with Crippen molar-refractivity contribution in [2.24, 2.45) is 0 Å². The third kappa shape index (κ3) is 5.84. The van der Waals surface area contributed by atoms with E-state index in [1.165, 1.54) is 6.08 Å². The van der Waals surface area contributed by atoms with Gasteiger partial charge in [0.25, 0.3) is 5.91 Å². The fourth-order valence-corrected chi connectivity index (χ4v) is 3.59. The van der Waals surface area contributed by atoms with Gasteiger partial charge in [0.15, 0.2) is 0 Å². The van der Waals surface area contributed by atoms with Gasteiger partial charge in [0.1, 0.15) is 23.1 Å². The van der Waals surface area contributed by atoms with Crippen molar-refractivity contribution in [2.45, 2.75) is 13.3 Å². The van der Waals surface area contributed by atoms with Crippen molar-refractivity contribution in [1.82, 2.24) is 0 Å². The second-order valence-electron chi connectivity index (χ2n) is 5.51. The zero-order valence-corrected chi connectivity index (χ0v) is 18.1. The highest BCUT2D eigenvalue weighted by molar-refractivity contribution is 9.11. The lowest BCUT2D eigenvalue weighted by molar-refractivity contribution is -0.112. The minimum absolute atomic E-state index is 0.0304. The summed E-state index contributed by atoms with van der Waals surface area (Å²) < 4.78 is 12.4. The zero-order chi connectivity index (χ0) is 19.8. The molecule has 0 fully saturated rings. The third-order valence-corrected chi connectivity index (χ3v) is 4.55. The van der Waals surface area contributed by atoms with Gasteiger partial charge in [-0.25, -0.2) is 0 Å². The number of methoxy groups -OCH3 is 1. The molecule has 2 aromatic rings. The zero-order valence-electron chi connectivity index (χ0n) is 14.9. The summed E-state index contributed by atoms with van der Waals surface area (Å²) in [4.78, 5) is 12.5. The molecule has 0 aliphatic carbocycles. The number of hydrogen-bond donors (Lipinski definition) is 1. The summed E-state index contributed by atoms with van der Waals surface area (Å²) in [5.41, 5.74) is 1.17. The van der Waals surface area contributed by atoms with Crippen LogP contribution in [-0.4, -0.2) is 19.6 Å². The predicted octanol–water partition coefficient (Wildman–Crippen LogP) is 5.55. The molecule has 0 aliphatic rings. The lowest BCUT2D eigenvalue weighted by Gasteiger charge is -2.12. The molecule has 5 nitrogen and oxygen atoms in total. The standard InChI is InChI=1S/C20H18Br2N2O3/c1-3-8-27-19-13(10-15(21)11-18(19)22)9-14(12-23)20(25)24-16-4-6-17(26-2)7-5-16/h4-7,9-11H,3,8H2,1-2H3,(H,24,25)/b14-9+. The minimum atomic E-state index is -0.500. The second-order valence-corrected chi connectivity index (χ2v) is 7.28. The van der Waals surface area contributed by atoms with E-state index in [0.29, 0.717) is 29.4 Å². The molecule has 1 amide bonds. The number of anilines is 1. The van der Waals surface area contributed by atoms with Crippen molar-refractivity contribution in [3.05, 3.63) is 56.5 Å². The van der Waals surface area contributed by atoms with Crippen LogP contribution in [0.25, 0.3) is 6.08 Å². The summed E-state index contributed by atoms with van der Waals surface area (Å²) in [7, 11) is 1.57. The van der Waals surface area contributed by atoms with Crippen molar-refractivity contribution < 1.29 is 14.3 Å². The SMILES string of the molecule is CCCOc1c(Br)cc(Br)cc1/C=C(\C#N)C(=O)Nc1ccc(OC)cc1. The first-order valence-corrected chi connectivity index (χ1v) is 9.76. The number of amides is 1. The quantitative estimate of drug-likeness (QED) is 0.405. The van der Waals surface area contributed by atoms with Gasteiger partial charge in [-0.15, -0.1) is 0 Å². The fourth-order valence-electron chi connectivity index (χ4n) is 2.22. The first kappa shape index (κ1) is 21.0. The maximum atomic E-state index is 12.5. The van der Waals surface area contributed by atoms with E-state index in [-0.39, 0.29) is 5.57 Å². The number of nitriles is 1. The molecule has 7 heteroatoms. The van der Waals surface area contributed by atoms with Crippen molar-refractivity contribution in [2.75, 3.05) is 19.0 Å². The molecule has 2 rings (SSSR count). The van der Waals surface area contributed by atoms with E-state index < -0.39 is 5.91 Å². The monoisotopic (exact) mass is 492 g/mol. The lowest BCUT2D eigenvalue weighted by Crippen LogP contribution is -2.13. The topological polar surface area (TPSA) is 71.3 Å². The molecular formula is C20H18Br2N2O3. The number of benzene rings is 2. The van der Waals surface area contributed by atoms with Crippen LogP contribution in [0.3, 0.4) is 0 Å². The highest BCUT2D eigenvalue weighted by Gasteiger charge is 2.14. The molecule has 0 aliphatic heterocycles. The Morgan fingerprint density at radius 2 is 1.96 bits per heavy atom. The first-order chi connectivity index (χ1) is 13.0. The maximum Gasteiger partial charge on any atom is 0.266 e. The number of rotatable bonds is 7. The lowest BCUT2D eigenvalue weighted by atomic mass is 10.1. The average molecular weight is 494 g/mol. The molecule has 1 N–H and O–H groups in total. The fraction of sp³-hybridized carbons (Fsp3) is 0.200. The number of ether oxygens (including phenoxy) is 2. The van der Waals surface area contributed by atoms with Crippen molar-refractivity contribution in [3.63, 3.8) is 0 Å².